The number of hydrogen-bond donors (Lipinski definition) is 1. The van der Waals surface area contributed by atoms with Crippen LogP contribution in [0, 0.1) is 0 Å². The Balaban J connectivity index is 1.94. The van der Waals surface area contributed by atoms with E-state index < -0.39 is 18.7 Å². The number of ether oxygens (including phenoxy) is 3. The molecule has 9 heteroatoms. The lowest BCUT2D eigenvalue weighted by Crippen LogP contribution is -2.19. The number of pyridine rings is 1. The lowest BCUT2D eigenvalue weighted by molar-refractivity contribution is -0.154. The van der Waals surface area contributed by atoms with E-state index >= 15 is 0 Å². The summed E-state index contributed by atoms with van der Waals surface area (Å²) in [6.45, 7) is -1.43. The molecule has 0 unspecified atom stereocenters. The fraction of sp³-hybridized carbons (Fsp3) is 0.222. The Hall–Kier alpha value is -3.23. The highest BCUT2D eigenvalue weighted by molar-refractivity contribution is 6.01. The summed E-state index contributed by atoms with van der Waals surface area (Å²) in [6, 6.07) is 7.79. The Morgan fingerprint density at radius 3 is 2.48 bits per heavy atom. The fourth-order valence-electron chi connectivity index (χ4n) is 2.01. The molecule has 0 atom stereocenters. The van der Waals surface area contributed by atoms with Gasteiger partial charge in [-0.15, -0.1) is 0 Å². The molecule has 1 aromatic carbocycles. The minimum absolute atomic E-state index is 0.189. The van der Waals surface area contributed by atoms with E-state index in [0.717, 1.165) is 5.56 Å². The standard InChI is InChI=1S/C18H17F3N2O4/c1-25-14-6-3-12(9-15(14)26-2)4-7-16(24)23-13-5-8-17(22-10-13)27-11-18(19,20)21/h3-10H,11H2,1-2H3,(H,23,24)/b7-4+. The lowest BCUT2D eigenvalue weighted by Gasteiger charge is -2.09. The third-order valence-corrected chi connectivity index (χ3v) is 3.22. The van der Waals surface area contributed by atoms with Crippen LogP contribution >= 0.6 is 0 Å². The summed E-state index contributed by atoms with van der Waals surface area (Å²) < 4.78 is 51.0. The van der Waals surface area contributed by atoms with Crippen molar-refractivity contribution in [2.45, 2.75) is 6.18 Å². The zero-order valence-corrected chi connectivity index (χ0v) is 14.5. The van der Waals surface area contributed by atoms with Crippen molar-refractivity contribution in [2.75, 3.05) is 26.1 Å². The maximum atomic E-state index is 12.1. The van der Waals surface area contributed by atoms with Gasteiger partial charge in [0.25, 0.3) is 0 Å². The molecule has 0 spiro atoms. The molecule has 2 aromatic rings. The van der Waals surface area contributed by atoms with Crippen LogP contribution in [0.2, 0.25) is 0 Å². The number of nitrogens with zero attached hydrogens (tertiary/aromatic N) is 1. The number of halogens is 3. The van der Waals surface area contributed by atoms with Crippen molar-refractivity contribution < 1.29 is 32.2 Å². The van der Waals surface area contributed by atoms with Gasteiger partial charge in [-0.1, -0.05) is 6.07 Å². The third kappa shape index (κ3) is 6.53. The number of carbonyl (C=O) groups is 1. The van der Waals surface area contributed by atoms with E-state index in [1.165, 1.54) is 38.6 Å². The van der Waals surface area contributed by atoms with Crippen molar-refractivity contribution in [1.82, 2.24) is 4.98 Å². The summed E-state index contributed by atoms with van der Waals surface area (Å²) in [6.07, 6.45) is -0.363. The number of methoxy groups -OCH3 is 2. The van der Waals surface area contributed by atoms with Gasteiger partial charge >= 0.3 is 6.18 Å². The van der Waals surface area contributed by atoms with Gasteiger partial charge in [-0.05, 0) is 29.8 Å². The first kappa shape index (κ1) is 20.1. The summed E-state index contributed by atoms with van der Waals surface area (Å²) in [4.78, 5) is 15.6. The maximum absolute atomic E-state index is 12.1. The molecule has 27 heavy (non-hydrogen) atoms. The Labute approximate surface area is 153 Å². The molecule has 1 N–H and O–H groups in total. The second-order valence-corrected chi connectivity index (χ2v) is 5.23. The Morgan fingerprint density at radius 2 is 1.89 bits per heavy atom. The highest BCUT2D eigenvalue weighted by atomic mass is 19.4. The highest BCUT2D eigenvalue weighted by Crippen LogP contribution is 2.28. The quantitative estimate of drug-likeness (QED) is 0.740. The first-order valence-electron chi connectivity index (χ1n) is 7.67. The zero-order valence-electron chi connectivity index (χ0n) is 14.5. The van der Waals surface area contributed by atoms with Crippen LogP contribution in [0.15, 0.2) is 42.6 Å². The van der Waals surface area contributed by atoms with E-state index in [4.69, 9.17) is 9.47 Å². The molecule has 0 aliphatic carbocycles. The minimum atomic E-state index is -4.44. The van der Waals surface area contributed by atoms with Crippen LogP contribution < -0.4 is 19.5 Å². The molecule has 1 heterocycles. The first-order chi connectivity index (χ1) is 12.8. The van der Waals surface area contributed by atoms with Gasteiger partial charge in [0.2, 0.25) is 11.8 Å². The Kier molecular flexibility index (Phi) is 6.64. The van der Waals surface area contributed by atoms with Crippen molar-refractivity contribution in [3.8, 4) is 17.4 Å². The van der Waals surface area contributed by atoms with Crippen LogP contribution in [-0.4, -0.2) is 37.9 Å². The minimum Gasteiger partial charge on any atom is -0.493 e. The molecule has 0 aliphatic rings. The SMILES string of the molecule is COc1ccc(/C=C/C(=O)Nc2ccc(OCC(F)(F)F)nc2)cc1OC. The smallest absolute Gasteiger partial charge is 0.422 e. The van der Waals surface area contributed by atoms with Gasteiger partial charge in [0.1, 0.15) is 0 Å². The van der Waals surface area contributed by atoms with Gasteiger partial charge in [0.15, 0.2) is 18.1 Å². The molecule has 0 saturated carbocycles. The second-order valence-electron chi connectivity index (χ2n) is 5.23. The van der Waals surface area contributed by atoms with Gasteiger partial charge in [-0.3, -0.25) is 4.79 Å². The molecular weight excluding hydrogens is 365 g/mol. The molecular formula is C18H17F3N2O4. The maximum Gasteiger partial charge on any atom is 0.422 e. The van der Waals surface area contributed by atoms with Crippen LogP contribution in [0.4, 0.5) is 18.9 Å². The molecule has 0 radical (unpaired) electrons. The van der Waals surface area contributed by atoms with Gasteiger partial charge in [0.05, 0.1) is 26.1 Å². The van der Waals surface area contributed by atoms with E-state index in [9.17, 15) is 18.0 Å². The van der Waals surface area contributed by atoms with E-state index in [1.54, 1.807) is 24.3 Å². The molecule has 1 amide bonds. The second kappa shape index (κ2) is 8.93. The van der Waals surface area contributed by atoms with E-state index in [2.05, 4.69) is 15.0 Å². The molecule has 144 valence electrons. The number of amides is 1. The molecule has 6 nitrogen and oxygen atoms in total. The number of aromatic nitrogens is 1. The van der Waals surface area contributed by atoms with E-state index in [1.807, 2.05) is 0 Å². The van der Waals surface area contributed by atoms with Gasteiger partial charge < -0.3 is 19.5 Å². The molecule has 2 rings (SSSR count). The van der Waals surface area contributed by atoms with E-state index in [-0.39, 0.29) is 5.88 Å². The van der Waals surface area contributed by atoms with Crippen LogP contribution in [0.25, 0.3) is 6.08 Å². The van der Waals surface area contributed by atoms with Crippen molar-refractivity contribution in [1.29, 1.82) is 0 Å². The van der Waals surface area contributed by atoms with Crippen LogP contribution in [-0.2, 0) is 4.79 Å². The number of benzene rings is 1. The molecule has 0 aliphatic heterocycles. The average molecular weight is 382 g/mol. The predicted octanol–water partition coefficient (Wildman–Crippen LogP) is 3.69. The predicted molar refractivity (Wildman–Crippen MR) is 93.0 cm³/mol. The number of hydrogen-bond acceptors (Lipinski definition) is 5. The topological polar surface area (TPSA) is 69.7 Å². The van der Waals surface area contributed by atoms with Gasteiger partial charge in [-0.2, -0.15) is 13.2 Å². The normalized spacial score (nSPS) is 11.3. The van der Waals surface area contributed by atoms with Crippen molar-refractivity contribution in [2.24, 2.45) is 0 Å². The Morgan fingerprint density at radius 1 is 1.15 bits per heavy atom. The monoisotopic (exact) mass is 382 g/mol. The Bertz CT molecular complexity index is 805. The number of carbonyl (C=O) groups excluding carboxylic acids is 1. The van der Waals surface area contributed by atoms with Crippen LogP contribution in [0.5, 0.6) is 17.4 Å². The number of nitrogens with one attached hydrogen (secondary N) is 1. The summed E-state index contributed by atoms with van der Waals surface area (Å²) >= 11 is 0. The number of rotatable bonds is 7. The third-order valence-electron chi connectivity index (χ3n) is 3.22. The molecule has 1 aromatic heterocycles. The zero-order chi connectivity index (χ0) is 19.9. The summed E-state index contributed by atoms with van der Waals surface area (Å²) in [5.74, 6) is 0.471. The van der Waals surface area contributed by atoms with Crippen LogP contribution in [0.1, 0.15) is 5.56 Å². The number of alkyl halides is 3. The molecule has 0 fully saturated rings. The van der Waals surface area contributed by atoms with Gasteiger partial charge in [-0.25, -0.2) is 4.98 Å². The molecule has 0 saturated heterocycles. The lowest BCUT2D eigenvalue weighted by atomic mass is 10.2. The van der Waals surface area contributed by atoms with Crippen molar-refractivity contribution in [3.63, 3.8) is 0 Å². The van der Waals surface area contributed by atoms with Crippen molar-refractivity contribution >= 4 is 17.7 Å². The molecule has 0 bridgehead atoms. The largest absolute Gasteiger partial charge is 0.493 e. The van der Waals surface area contributed by atoms with Gasteiger partial charge in [0, 0.05) is 12.1 Å². The summed E-state index contributed by atoms with van der Waals surface area (Å²) in [5.41, 5.74) is 1.04. The van der Waals surface area contributed by atoms with Crippen LogP contribution in [0.3, 0.4) is 0 Å². The van der Waals surface area contributed by atoms with Crippen molar-refractivity contribution in [3.05, 3.63) is 48.2 Å². The highest BCUT2D eigenvalue weighted by Gasteiger charge is 2.28. The summed E-state index contributed by atoms with van der Waals surface area (Å²) in [7, 11) is 3.03. The average Bonchev–Trinajstić information content (AvgIpc) is 2.65. The number of anilines is 1. The summed E-state index contributed by atoms with van der Waals surface area (Å²) in [5, 5.41) is 2.54. The fourth-order valence-corrected chi connectivity index (χ4v) is 2.01. The van der Waals surface area contributed by atoms with E-state index in [0.29, 0.717) is 17.2 Å². The first-order valence-corrected chi connectivity index (χ1v) is 7.67.